The highest BCUT2D eigenvalue weighted by Crippen LogP contribution is 2.23. The Balaban J connectivity index is 1.70. The van der Waals surface area contributed by atoms with E-state index in [2.05, 4.69) is 74.4 Å². The normalized spacial score (nSPS) is 11.2. The first-order valence-corrected chi connectivity index (χ1v) is 8.11. The summed E-state index contributed by atoms with van der Waals surface area (Å²) in [4.78, 5) is 0. The molecule has 0 amide bonds. The molecule has 0 aliphatic rings. The van der Waals surface area contributed by atoms with Crippen molar-refractivity contribution in [2.45, 2.75) is 26.7 Å². The highest BCUT2D eigenvalue weighted by Gasteiger charge is 2.12. The Hall–Kier alpha value is -2.95. The Morgan fingerprint density at radius 3 is 2.67 bits per heavy atom. The molecule has 2 aromatic carbocycles. The van der Waals surface area contributed by atoms with Gasteiger partial charge in [0.2, 0.25) is 0 Å². The highest BCUT2D eigenvalue weighted by molar-refractivity contribution is 5.90. The molecule has 0 aliphatic carbocycles. The first-order chi connectivity index (χ1) is 11.7. The quantitative estimate of drug-likeness (QED) is 0.626. The monoisotopic (exact) mass is 317 g/mol. The van der Waals surface area contributed by atoms with Crippen molar-refractivity contribution in [3.05, 3.63) is 71.6 Å². The van der Waals surface area contributed by atoms with E-state index < -0.39 is 0 Å². The van der Waals surface area contributed by atoms with E-state index in [4.69, 9.17) is 0 Å². The Labute approximate surface area is 140 Å². The number of aromatic nitrogens is 5. The van der Waals surface area contributed by atoms with Gasteiger partial charge < -0.3 is 0 Å². The van der Waals surface area contributed by atoms with Gasteiger partial charge in [-0.25, -0.2) is 0 Å². The second kappa shape index (κ2) is 5.92. The smallest absolute Gasteiger partial charge is 0.137 e. The van der Waals surface area contributed by atoms with Crippen LogP contribution >= 0.6 is 0 Å². The van der Waals surface area contributed by atoms with Crippen molar-refractivity contribution in [2.75, 3.05) is 0 Å². The highest BCUT2D eigenvalue weighted by atomic mass is 15.3. The van der Waals surface area contributed by atoms with E-state index in [0.29, 0.717) is 0 Å². The fourth-order valence-corrected chi connectivity index (χ4v) is 3.23. The van der Waals surface area contributed by atoms with Crippen molar-refractivity contribution in [1.29, 1.82) is 0 Å². The van der Waals surface area contributed by atoms with E-state index in [1.165, 1.54) is 16.3 Å². The van der Waals surface area contributed by atoms with Crippen LogP contribution in [0.2, 0.25) is 0 Å². The summed E-state index contributed by atoms with van der Waals surface area (Å²) in [6, 6.07) is 14.7. The lowest BCUT2D eigenvalue weighted by Gasteiger charge is -2.10. The molecule has 120 valence electrons. The largest absolute Gasteiger partial charge is 0.285 e. The first-order valence-electron chi connectivity index (χ1n) is 8.11. The summed E-state index contributed by atoms with van der Waals surface area (Å²) in [5.74, 6) is 0.964. The maximum Gasteiger partial charge on any atom is 0.137 e. The minimum Gasteiger partial charge on any atom is -0.285 e. The van der Waals surface area contributed by atoms with Crippen LogP contribution < -0.4 is 0 Å². The first kappa shape index (κ1) is 14.6. The molecule has 0 aliphatic heterocycles. The third-order valence-corrected chi connectivity index (χ3v) is 4.52. The van der Waals surface area contributed by atoms with Crippen LogP contribution in [-0.2, 0) is 12.8 Å². The van der Waals surface area contributed by atoms with Crippen molar-refractivity contribution < 1.29 is 0 Å². The molecule has 2 aromatic heterocycles. The van der Waals surface area contributed by atoms with Gasteiger partial charge in [-0.05, 0) is 37.3 Å². The number of nitrogens with zero attached hydrogens (tertiary/aromatic N) is 4. The summed E-state index contributed by atoms with van der Waals surface area (Å²) in [7, 11) is 0. The van der Waals surface area contributed by atoms with E-state index in [9.17, 15) is 0 Å². The lowest BCUT2D eigenvalue weighted by atomic mass is 10.1. The van der Waals surface area contributed by atoms with Crippen molar-refractivity contribution in [3.63, 3.8) is 0 Å². The second-order valence-electron chi connectivity index (χ2n) is 6.03. The minimum absolute atomic E-state index is 0.824. The molecule has 0 atom stereocenters. The molecule has 0 unspecified atom stereocenters. The number of nitrogens with one attached hydrogen (secondary N) is 1. The number of H-pyrrole nitrogens is 1. The van der Waals surface area contributed by atoms with Gasteiger partial charge >= 0.3 is 0 Å². The third kappa shape index (κ3) is 2.48. The number of benzene rings is 2. The lowest BCUT2D eigenvalue weighted by molar-refractivity contribution is 0.817. The van der Waals surface area contributed by atoms with E-state index in [1.54, 1.807) is 6.33 Å². The van der Waals surface area contributed by atoms with Gasteiger partial charge in [0, 0.05) is 17.5 Å². The maximum atomic E-state index is 4.34. The van der Waals surface area contributed by atoms with Gasteiger partial charge in [0.15, 0.2) is 0 Å². The lowest BCUT2D eigenvalue weighted by Crippen LogP contribution is -2.04. The summed E-state index contributed by atoms with van der Waals surface area (Å²) in [6.07, 6.45) is 3.52. The summed E-state index contributed by atoms with van der Waals surface area (Å²) < 4.78 is 2.09. The topological polar surface area (TPSA) is 59.4 Å². The van der Waals surface area contributed by atoms with Gasteiger partial charge in [0.05, 0.1) is 11.4 Å². The van der Waals surface area contributed by atoms with Crippen molar-refractivity contribution >= 4 is 10.8 Å². The molecule has 1 N–H and O–H groups in total. The zero-order valence-electron chi connectivity index (χ0n) is 13.8. The van der Waals surface area contributed by atoms with Crippen LogP contribution in [-0.4, -0.2) is 25.0 Å². The number of aromatic amines is 1. The van der Waals surface area contributed by atoms with Gasteiger partial charge in [-0.3, -0.25) is 9.67 Å². The Morgan fingerprint density at radius 1 is 1.00 bits per heavy atom. The molecule has 4 aromatic rings. The Morgan fingerprint density at radius 2 is 1.83 bits per heavy atom. The van der Waals surface area contributed by atoms with E-state index in [-0.39, 0.29) is 0 Å². The van der Waals surface area contributed by atoms with Crippen molar-refractivity contribution in [2.24, 2.45) is 0 Å². The Bertz CT molecular complexity index is 971. The standard InChI is InChI=1S/C19H19N5/c1-13-16(14(2)22-21-13)10-11-19-23-20-12-24(19)18-9-5-7-15-6-3-4-8-17(15)18/h3-9,12H,10-11H2,1-2H3,(H,21,22). The van der Waals surface area contributed by atoms with E-state index in [1.807, 2.05) is 6.92 Å². The zero-order chi connectivity index (χ0) is 16.5. The van der Waals surface area contributed by atoms with Gasteiger partial charge in [0.25, 0.3) is 0 Å². The molecule has 0 bridgehead atoms. The molecule has 0 saturated carbocycles. The molecule has 0 spiro atoms. The average molecular weight is 317 g/mol. The Kier molecular flexibility index (Phi) is 3.61. The summed E-state index contributed by atoms with van der Waals surface area (Å²) in [5, 5.41) is 18.2. The van der Waals surface area contributed by atoms with Gasteiger partial charge in [0.1, 0.15) is 12.2 Å². The van der Waals surface area contributed by atoms with Crippen molar-refractivity contribution in [1.82, 2.24) is 25.0 Å². The second-order valence-corrected chi connectivity index (χ2v) is 6.03. The van der Waals surface area contributed by atoms with E-state index >= 15 is 0 Å². The molecule has 2 heterocycles. The van der Waals surface area contributed by atoms with Gasteiger partial charge in [-0.2, -0.15) is 5.10 Å². The summed E-state index contributed by atoms with van der Waals surface area (Å²) in [5.41, 5.74) is 4.57. The predicted octanol–water partition coefficient (Wildman–Crippen LogP) is 3.55. The zero-order valence-corrected chi connectivity index (χ0v) is 13.8. The van der Waals surface area contributed by atoms with Crippen LogP contribution in [0.1, 0.15) is 22.8 Å². The molecule has 4 rings (SSSR count). The summed E-state index contributed by atoms with van der Waals surface area (Å²) in [6.45, 7) is 4.10. The molecule has 5 nitrogen and oxygen atoms in total. The fourth-order valence-electron chi connectivity index (χ4n) is 3.23. The number of aryl methyl sites for hydroxylation is 3. The molecule has 24 heavy (non-hydrogen) atoms. The van der Waals surface area contributed by atoms with Crippen LogP contribution in [0.3, 0.4) is 0 Å². The summed E-state index contributed by atoms with van der Waals surface area (Å²) >= 11 is 0. The molecule has 0 fully saturated rings. The van der Waals surface area contributed by atoms with Crippen LogP contribution in [0.5, 0.6) is 0 Å². The van der Waals surface area contributed by atoms with Crippen molar-refractivity contribution in [3.8, 4) is 5.69 Å². The van der Waals surface area contributed by atoms with Crippen LogP contribution in [0.25, 0.3) is 16.5 Å². The van der Waals surface area contributed by atoms with Crippen LogP contribution in [0.4, 0.5) is 0 Å². The average Bonchev–Trinajstić information content (AvgIpc) is 3.19. The van der Waals surface area contributed by atoms with Gasteiger partial charge in [-0.15, -0.1) is 10.2 Å². The molecule has 5 heteroatoms. The minimum atomic E-state index is 0.824. The van der Waals surface area contributed by atoms with E-state index in [0.717, 1.165) is 35.7 Å². The molecule has 0 saturated heterocycles. The predicted molar refractivity (Wildman–Crippen MR) is 94.3 cm³/mol. The molecular formula is C19H19N5. The number of rotatable bonds is 4. The molecule has 0 radical (unpaired) electrons. The molecular weight excluding hydrogens is 298 g/mol. The third-order valence-electron chi connectivity index (χ3n) is 4.52. The number of hydrogen-bond acceptors (Lipinski definition) is 3. The van der Waals surface area contributed by atoms with Crippen LogP contribution in [0.15, 0.2) is 48.8 Å². The fraction of sp³-hybridized carbons (Fsp3) is 0.211. The van der Waals surface area contributed by atoms with Gasteiger partial charge in [-0.1, -0.05) is 36.4 Å². The number of fused-ring (bicyclic) bond motifs is 1. The SMILES string of the molecule is Cc1n[nH]c(C)c1CCc1nncn1-c1cccc2ccccc12. The van der Waals surface area contributed by atoms with Crippen LogP contribution in [0, 0.1) is 13.8 Å². The maximum absolute atomic E-state index is 4.34. The number of hydrogen-bond donors (Lipinski definition) is 1.